The van der Waals surface area contributed by atoms with Gasteiger partial charge in [0.15, 0.2) is 0 Å². The first-order valence-corrected chi connectivity index (χ1v) is 9.74. The number of rotatable bonds is 4. The van der Waals surface area contributed by atoms with Crippen LogP contribution in [0.3, 0.4) is 0 Å². The second-order valence-corrected chi connectivity index (χ2v) is 8.98. The van der Waals surface area contributed by atoms with E-state index < -0.39 is 0 Å². The molecule has 4 saturated carbocycles. The smallest absolute Gasteiger partial charge is 0.241 e. The third kappa shape index (κ3) is 3.32. The van der Waals surface area contributed by atoms with Crippen molar-refractivity contribution in [1.29, 1.82) is 0 Å². The number of aliphatic hydroxyl groups is 1. The maximum absolute atomic E-state index is 12.4. The van der Waals surface area contributed by atoms with Gasteiger partial charge in [0, 0.05) is 19.5 Å². The first-order valence-electron chi connectivity index (χ1n) is 9.74. The van der Waals surface area contributed by atoms with Crippen LogP contribution in [0.15, 0.2) is 0 Å². The fourth-order valence-electron chi connectivity index (χ4n) is 6.31. The molecule has 0 atom stereocenters. The Balaban J connectivity index is 1.26. The molecule has 5 heteroatoms. The minimum absolute atomic E-state index is 0.0132. The van der Waals surface area contributed by atoms with Gasteiger partial charge in [-0.3, -0.25) is 9.59 Å². The Hall–Kier alpha value is -1.10. The fourth-order valence-corrected chi connectivity index (χ4v) is 6.31. The predicted molar refractivity (Wildman–Crippen MR) is 90.1 cm³/mol. The largest absolute Gasteiger partial charge is 0.393 e. The standard InChI is InChI=1S/C19H30N2O3/c22-16-1-3-21(4-2-16)18(24)12-20-17(23)11-19-8-13-5-14(9-19)7-15(6-13)10-19/h13-16,22H,1-12H2,(H,20,23). The van der Waals surface area contributed by atoms with Gasteiger partial charge < -0.3 is 15.3 Å². The van der Waals surface area contributed by atoms with Crippen LogP contribution in [0.2, 0.25) is 0 Å². The summed E-state index contributed by atoms with van der Waals surface area (Å²) in [6.07, 6.45) is 9.47. The molecule has 5 fully saturated rings. The first-order chi connectivity index (χ1) is 11.5. The zero-order chi connectivity index (χ0) is 16.7. The van der Waals surface area contributed by atoms with E-state index in [4.69, 9.17) is 0 Å². The highest BCUT2D eigenvalue weighted by atomic mass is 16.3. The van der Waals surface area contributed by atoms with Crippen LogP contribution < -0.4 is 5.32 Å². The monoisotopic (exact) mass is 334 g/mol. The molecule has 24 heavy (non-hydrogen) atoms. The van der Waals surface area contributed by atoms with Crippen molar-refractivity contribution in [3.8, 4) is 0 Å². The Morgan fingerprint density at radius 1 is 1.00 bits per heavy atom. The molecule has 5 nitrogen and oxygen atoms in total. The minimum Gasteiger partial charge on any atom is -0.393 e. The van der Waals surface area contributed by atoms with Gasteiger partial charge in [0.05, 0.1) is 12.6 Å². The van der Waals surface area contributed by atoms with Crippen LogP contribution in [0, 0.1) is 23.2 Å². The first kappa shape index (κ1) is 16.4. The third-order valence-corrected chi connectivity index (χ3v) is 6.95. The maximum Gasteiger partial charge on any atom is 0.241 e. The zero-order valence-corrected chi connectivity index (χ0v) is 14.5. The molecule has 0 aromatic carbocycles. The molecule has 1 heterocycles. The van der Waals surface area contributed by atoms with Crippen molar-refractivity contribution in [2.24, 2.45) is 23.2 Å². The van der Waals surface area contributed by atoms with Crippen molar-refractivity contribution in [1.82, 2.24) is 10.2 Å². The quantitative estimate of drug-likeness (QED) is 0.822. The number of carbonyl (C=O) groups is 2. The van der Waals surface area contributed by atoms with Gasteiger partial charge in [-0.25, -0.2) is 0 Å². The van der Waals surface area contributed by atoms with Crippen LogP contribution in [0.25, 0.3) is 0 Å². The third-order valence-electron chi connectivity index (χ3n) is 6.95. The molecule has 0 unspecified atom stereocenters. The van der Waals surface area contributed by atoms with E-state index in [2.05, 4.69) is 5.32 Å². The predicted octanol–water partition coefficient (Wildman–Crippen LogP) is 1.69. The van der Waals surface area contributed by atoms with E-state index in [1.165, 1.54) is 38.5 Å². The number of amides is 2. The average molecular weight is 334 g/mol. The summed E-state index contributed by atoms with van der Waals surface area (Å²) in [7, 11) is 0. The molecule has 0 aromatic rings. The Morgan fingerprint density at radius 3 is 2.08 bits per heavy atom. The number of nitrogens with one attached hydrogen (secondary N) is 1. The van der Waals surface area contributed by atoms with Crippen LogP contribution in [0.4, 0.5) is 0 Å². The van der Waals surface area contributed by atoms with E-state index in [9.17, 15) is 14.7 Å². The van der Waals surface area contributed by atoms with E-state index in [0.29, 0.717) is 32.4 Å². The van der Waals surface area contributed by atoms with Crippen molar-refractivity contribution in [3.63, 3.8) is 0 Å². The van der Waals surface area contributed by atoms with E-state index in [-0.39, 0.29) is 29.9 Å². The molecule has 4 bridgehead atoms. The summed E-state index contributed by atoms with van der Waals surface area (Å²) in [5.41, 5.74) is 0.233. The van der Waals surface area contributed by atoms with Gasteiger partial charge in [-0.15, -0.1) is 0 Å². The number of hydrogen-bond acceptors (Lipinski definition) is 3. The highest BCUT2D eigenvalue weighted by Gasteiger charge is 2.51. The van der Waals surface area contributed by atoms with Crippen molar-refractivity contribution < 1.29 is 14.7 Å². The van der Waals surface area contributed by atoms with Crippen molar-refractivity contribution in [3.05, 3.63) is 0 Å². The molecule has 134 valence electrons. The minimum atomic E-state index is -0.278. The second kappa shape index (κ2) is 6.32. The number of nitrogens with zero attached hydrogens (tertiary/aromatic N) is 1. The summed E-state index contributed by atoms with van der Waals surface area (Å²) in [6.45, 7) is 1.32. The summed E-state index contributed by atoms with van der Waals surface area (Å²) in [5, 5.41) is 12.4. The van der Waals surface area contributed by atoms with E-state index in [1.54, 1.807) is 4.90 Å². The number of likely N-dealkylation sites (tertiary alicyclic amines) is 1. The Labute approximate surface area is 144 Å². The SMILES string of the molecule is O=C(CC12CC3CC(CC(C3)C1)C2)NCC(=O)N1CCC(O)CC1. The molecule has 5 aliphatic rings. The van der Waals surface area contributed by atoms with Crippen LogP contribution in [-0.2, 0) is 9.59 Å². The molecule has 1 saturated heterocycles. The second-order valence-electron chi connectivity index (χ2n) is 8.98. The Kier molecular flexibility index (Phi) is 4.31. The highest BCUT2D eigenvalue weighted by molar-refractivity contribution is 5.85. The number of aliphatic hydroxyl groups excluding tert-OH is 1. The van der Waals surface area contributed by atoms with Crippen molar-refractivity contribution in [2.75, 3.05) is 19.6 Å². The Morgan fingerprint density at radius 2 is 1.54 bits per heavy atom. The van der Waals surface area contributed by atoms with E-state index in [0.717, 1.165) is 17.8 Å². The lowest BCUT2D eigenvalue weighted by Gasteiger charge is -2.56. The van der Waals surface area contributed by atoms with Crippen LogP contribution in [0.1, 0.15) is 57.8 Å². The van der Waals surface area contributed by atoms with Gasteiger partial charge in [0.1, 0.15) is 0 Å². The molecule has 5 rings (SSSR count). The van der Waals surface area contributed by atoms with E-state index >= 15 is 0 Å². The lowest BCUT2D eigenvalue weighted by atomic mass is 9.49. The van der Waals surface area contributed by atoms with Crippen LogP contribution in [-0.4, -0.2) is 47.6 Å². The van der Waals surface area contributed by atoms with E-state index in [1.807, 2.05) is 0 Å². The number of piperidine rings is 1. The maximum atomic E-state index is 12.4. The lowest BCUT2D eigenvalue weighted by Crippen LogP contribution is -2.49. The molecule has 0 radical (unpaired) electrons. The number of hydrogen-bond donors (Lipinski definition) is 2. The van der Waals surface area contributed by atoms with Crippen molar-refractivity contribution >= 4 is 11.8 Å². The van der Waals surface area contributed by atoms with Gasteiger partial charge in [0.2, 0.25) is 11.8 Å². The summed E-state index contributed by atoms with van der Waals surface area (Å²) in [4.78, 5) is 26.4. The molecular weight excluding hydrogens is 304 g/mol. The summed E-state index contributed by atoms with van der Waals surface area (Å²) < 4.78 is 0. The van der Waals surface area contributed by atoms with Crippen molar-refractivity contribution in [2.45, 2.75) is 63.9 Å². The summed E-state index contributed by atoms with van der Waals surface area (Å²) >= 11 is 0. The van der Waals surface area contributed by atoms with Crippen LogP contribution in [0.5, 0.6) is 0 Å². The molecular formula is C19H30N2O3. The zero-order valence-electron chi connectivity index (χ0n) is 14.5. The Bertz CT molecular complexity index is 475. The van der Waals surface area contributed by atoms with Gasteiger partial charge >= 0.3 is 0 Å². The molecule has 4 aliphatic carbocycles. The average Bonchev–Trinajstić information content (AvgIpc) is 2.51. The fraction of sp³-hybridized carbons (Fsp3) is 0.895. The van der Waals surface area contributed by atoms with Gasteiger partial charge in [-0.05, 0) is 74.5 Å². The normalized spacial score (nSPS) is 38.4. The number of carbonyl (C=O) groups excluding carboxylic acids is 2. The van der Waals surface area contributed by atoms with Crippen LogP contribution >= 0.6 is 0 Å². The van der Waals surface area contributed by atoms with Gasteiger partial charge in [0.25, 0.3) is 0 Å². The molecule has 0 spiro atoms. The summed E-state index contributed by atoms with van der Waals surface area (Å²) in [5.74, 6) is 2.60. The lowest BCUT2D eigenvalue weighted by molar-refractivity contribution is -0.136. The molecule has 1 aliphatic heterocycles. The van der Waals surface area contributed by atoms with Gasteiger partial charge in [-0.1, -0.05) is 0 Å². The molecule has 0 aromatic heterocycles. The summed E-state index contributed by atoms with van der Waals surface area (Å²) in [6, 6.07) is 0. The molecule has 2 N–H and O–H groups in total. The van der Waals surface area contributed by atoms with Gasteiger partial charge in [-0.2, -0.15) is 0 Å². The topological polar surface area (TPSA) is 69.6 Å². The molecule has 2 amide bonds. The highest BCUT2D eigenvalue weighted by Crippen LogP contribution is 2.61.